The van der Waals surface area contributed by atoms with E-state index in [1.165, 1.54) is 39.8 Å². The molecule has 0 unspecified atom stereocenters. The monoisotopic (exact) mass is 768 g/mol. The smallest absolute Gasteiger partial charge is 0.349 e. The molecule has 0 radical (unpaired) electrons. The van der Waals surface area contributed by atoms with Gasteiger partial charge in [-0.3, -0.25) is 9.41 Å². The minimum absolute atomic E-state index is 0. The maximum absolute atomic E-state index is 13.4. The lowest BCUT2D eigenvalue weighted by Gasteiger charge is -2.35. The van der Waals surface area contributed by atoms with Crippen LogP contribution < -0.4 is 10.8 Å². The minimum Gasteiger partial charge on any atom is -0.506 e. The van der Waals surface area contributed by atoms with Gasteiger partial charge in [-0.05, 0) is 115 Å². The van der Waals surface area contributed by atoms with Crippen LogP contribution in [0.3, 0.4) is 0 Å². The van der Waals surface area contributed by atoms with Gasteiger partial charge in [0.05, 0.1) is 15.9 Å². The van der Waals surface area contributed by atoms with Crippen LogP contribution in [0.2, 0.25) is 0 Å². The number of aromatic nitrogens is 1. The number of phenols is 1. The van der Waals surface area contributed by atoms with Gasteiger partial charge < -0.3 is 39.7 Å². The number of nitrogens with zero attached hydrogens (tertiary/aromatic N) is 2. The van der Waals surface area contributed by atoms with Crippen molar-refractivity contribution in [2.75, 3.05) is 25.6 Å². The molecule has 53 heavy (non-hydrogen) atoms. The van der Waals surface area contributed by atoms with E-state index in [0.29, 0.717) is 45.7 Å². The molecular formula is C39H46F2N4O6S2. The fourth-order valence-electron chi connectivity index (χ4n) is 7.22. The molecule has 0 saturated heterocycles. The lowest BCUT2D eigenvalue weighted by Crippen LogP contribution is -2.42. The van der Waals surface area contributed by atoms with Gasteiger partial charge in [0.1, 0.15) is 23.8 Å². The van der Waals surface area contributed by atoms with Crippen LogP contribution in [0.4, 0.5) is 15.1 Å². The molecule has 284 valence electrons. The van der Waals surface area contributed by atoms with E-state index in [4.69, 9.17) is 9.57 Å². The summed E-state index contributed by atoms with van der Waals surface area (Å²) in [6, 6.07) is 19.6. The van der Waals surface area contributed by atoms with Crippen molar-refractivity contribution in [1.82, 2.24) is 14.8 Å². The largest absolute Gasteiger partial charge is 0.506 e. The van der Waals surface area contributed by atoms with Crippen molar-refractivity contribution in [3.05, 3.63) is 110 Å². The number of thiophene rings is 2. The molecule has 4 heterocycles. The van der Waals surface area contributed by atoms with Crippen molar-refractivity contribution in [2.24, 2.45) is 0 Å². The first-order valence-electron chi connectivity index (χ1n) is 17.4. The predicted octanol–water partition coefficient (Wildman–Crippen LogP) is 7.04. The minimum atomic E-state index is -1.76. The van der Waals surface area contributed by atoms with E-state index in [9.17, 15) is 20.1 Å². The SMILES string of the molecule is CN(CCCn1ccc2cc(CNC[C@H](O)c3ccc(O)c4c3C=CON4)ccc21)C1CCC(OC(=O)C(O)(c2cccs2)c2cccs2)CC1.F.F. The maximum Gasteiger partial charge on any atom is 0.349 e. The highest BCUT2D eigenvalue weighted by molar-refractivity contribution is 7.12. The number of halogens is 2. The summed E-state index contributed by atoms with van der Waals surface area (Å²) in [6.07, 6.45) is 8.91. The summed E-state index contributed by atoms with van der Waals surface area (Å²) < 4.78 is 8.26. The number of benzene rings is 2. The Kier molecular flexibility index (Phi) is 13.3. The molecule has 5 aromatic rings. The Morgan fingerprint density at radius 2 is 1.81 bits per heavy atom. The van der Waals surface area contributed by atoms with Gasteiger partial charge in [0.25, 0.3) is 0 Å². The summed E-state index contributed by atoms with van der Waals surface area (Å²) in [6.45, 7) is 2.87. The first-order valence-corrected chi connectivity index (χ1v) is 19.2. The molecule has 0 amide bonds. The van der Waals surface area contributed by atoms with Gasteiger partial charge in [0.2, 0.25) is 5.60 Å². The number of hydrogen-bond acceptors (Lipinski definition) is 11. The summed E-state index contributed by atoms with van der Waals surface area (Å²) in [7, 11) is 2.19. The van der Waals surface area contributed by atoms with E-state index < -0.39 is 17.7 Å². The molecule has 5 N–H and O–H groups in total. The van der Waals surface area contributed by atoms with Crippen molar-refractivity contribution in [3.63, 3.8) is 0 Å². The maximum atomic E-state index is 13.4. The number of hydrogen-bond donors (Lipinski definition) is 5. The molecule has 3 aromatic heterocycles. The third-order valence-corrected chi connectivity index (χ3v) is 12.0. The van der Waals surface area contributed by atoms with Crippen LogP contribution in [0, 0.1) is 0 Å². The number of ether oxygens (including phenoxy) is 1. The fourth-order valence-corrected chi connectivity index (χ4v) is 8.93. The van der Waals surface area contributed by atoms with E-state index in [0.717, 1.165) is 50.8 Å². The number of fused-ring (bicyclic) bond motifs is 2. The third kappa shape index (κ3) is 8.58. The molecule has 0 bridgehead atoms. The van der Waals surface area contributed by atoms with Crippen molar-refractivity contribution in [2.45, 2.75) is 69.0 Å². The van der Waals surface area contributed by atoms with Gasteiger partial charge in [0.15, 0.2) is 0 Å². The van der Waals surface area contributed by atoms with Crippen LogP contribution in [-0.4, -0.2) is 63.0 Å². The molecule has 7 rings (SSSR count). The zero-order chi connectivity index (χ0) is 35.4. The van der Waals surface area contributed by atoms with E-state index in [-0.39, 0.29) is 21.3 Å². The van der Waals surface area contributed by atoms with Gasteiger partial charge in [-0.1, -0.05) is 24.3 Å². The normalized spacial score (nSPS) is 17.3. The van der Waals surface area contributed by atoms with E-state index in [1.807, 2.05) is 22.9 Å². The molecular weight excluding hydrogens is 723 g/mol. The highest BCUT2D eigenvalue weighted by Crippen LogP contribution is 2.39. The Hall–Kier alpha value is -4.31. The molecule has 2 aromatic carbocycles. The number of nitrogens with one attached hydrogen (secondary N) is 2. The Bertz CT molecular complexity index is 1930. The van der Waals surface area contributed by atoms with Crippen LogP contribution >= 0.6 is 22.7 Å². The van der Waals surface area contributed by atoms with Gasteiger partial charge >= 0.3 is 5.97 Å². The standard InChI is InChI=1S/C39H44N4O6S2.2FH/c1-42(28-8-10-29(11-9-28)49-38(46)39(47,35-5-2-21-50-35)36-6-3-22-51-36)17-4-18-43-19-15-27-23-26(7-13-32(27)43)24-40-25-34(45)30-12-14-33(44)37-31(30)16-20-48-41-37;;/h2-3,5-7,12-16,19-23,28-29,34,40-41,44-45,47H,4,8-11,17-18,24-25H2,1H3;2*1H/t28?,29?,34-;;/m0../s1. The molecule has 1 saturated carbocycles. The number of aliphatic hydroxyl groups excluding tert-OH is 1. The predicted molar refractivity (Wildman–Crippen MR) is 206 cm³/mol. The quantitative estimate of drug-likeness (QED) is 0.0598. The second kappa shape index (κ2) is 17.7. The van der Waals surface area contributed by atoms with Gasteiger partial charge in [-0.2, -0.15) is 0 Å². The van der Waals surface area contributed by atoms with Gasteiger partial charge in [0, 0.05) is 43.0 Å². The highest BCUT2D eigenvalue weighted by atomic mass is 32.1. The van der Waals surface area contributed by atoms with E-state index in [1.54, 1.807) is 30.3 Å². The number of phenolic OH excluding ortho intramolecular Hbond substituents is 1. The summed E-state index contributed by atoms with van der Waals surface area (Å²) in [5.41, 5.74) is 5.14. The average molecular weight is 769 g/mol. The molecule has 1 fully saturated rings. The number of aryl methyl sites for hydroxylation is 1. The molecule has 14 heteroatoms. The number of carbonyl (C=O) groups excluding carboxylic acids is 1. The second-order valence-electron chi connectivity index (χ2n) is 13.4. The second-order valence-corrected chi connectivity index (χ2v) is 15.3. The number of carbonyl (C=O) groups is 1. The van der Waals surface area contributed by atoms with Crippen molar-refractivity contribution in [3.8, 4) is 5.75 Å². The summed E-state index contributed by atoms with van der Waals surface area (Å²) >= 11 is 2.72. The number of anilines is 1. The van der Waals surface area contributed by atoms with Crippen LogP contribution in [0.1, 0.15) is 64.7 Å². The zero-order valence-electron chi connectivity index (χ0n) is 29.4. The van der Waals surface area contributed by atoms with Crippen molar-refractivity contribution < 1.29 is 39.1 Å². The average Bonchev–Trinajstić information content (AvgIpc) is 3.96. The summed E-state index contributed by atoms with van der Waals surface area (Å²) in [5, 5.41) is 40.8. The molecule has 0 spiro atoms. The van der Waals surface area contributed by atoms with E-state index >= 15 is 0 Å². The fraction of sp³-hybridized carbons (Fsp3) is 0.359. The summed E-state index contributed by atoms with van der Waals surface area (Å²) in [4.78, 5) is 22.1. The van der Waals surface area contributed by atoms with Crippen LogP contribution in [0.25, 0.3) is 17.0 Å². The third-order valence-electron chi connectivity index (χ3n) is 10.1. The topological polar surface area (TPSA) is 128 Å². The van der Waals surface area contributed by atoms with Gasteiger partial charge in [-0.25, -0.2) is 10.3 Å². The molecule has 10 nitrogen and oxygen atoms in total. The van der Waals surface area contributed by atoms with Crippen molar-refractivity contribution in [1.29, 1.82) is 0 Å². The number of esters is 1. The van der Waals surface area contributed by atoms with Crippen LogP contribution in [-0.2, 0) is 33.1 Å². The molecule has 1 aliphatic carbocycles. The molecule has 1 atom stereocenters. The zero-order valence-corrected chi connectivity index (χ0v) is 31.0. The van der Waals surface area contributed by atoms with Gasteiger partial charge in [-0.15, -0.1) is 22.7 Å². The lowest BCUT2D eigenvalue weighted by atomic mass is 9.91. The Morgan fingerprint density at radius 1 is 1.08 bits per heavy atom. The molecule has 2 aliphatic rings. The first-order chi connectivity index (χ1) is 24.8. The number of rotatable bonds is 14. The highest BCUT2D eigenvalue weighted by Gasteiger charge is 2.45. The molecule has 1 aliphatic heterocycles. The lowest BCUT2D eigenvalue weighted by molar-refractivity contribution is -0.169. The number of aromatic hydroxyl groups is 1. The number of aliphatic hydroxyl groups is 2. The summed E-state index contributed by atoms with van der Waals surface area (Å²) in [5.74, 6) is -0.512. The Balaban J connectivity index is 0.00000271. The Labute approximate surface area is 315 Å². The van der Waals surface area contributed by atoms with Crippen molar-refractivity contribution >= 4 is 51.3 Å². The first kappa shape index (κ1) is 39.9. The van der Waals surface area contributed by atoms with Crippen LogP contribution in [0.5, 0.6) is 5.75 Å². The van der Waals surface area contributed by atoms with E-state index in [2.05, 4.69) is 57.8 Å². The Morgan fingerprint density at radius 3 is 2.51 bits per heavy atom. The van der Waals surface area contributed by atoms with Crippen LogP contribution in [0.15, 0.2) is 83.9 Å².